The fraction of sp³-hybridized carbons (Fsp3) is 0.706. The fourth-order valence-corrected chi connectivity index (χ4v) is 3.99. The molecule has 3 aliphatic rings. The number of hydrogen-bond acceptors (Lipinski definition) is 4. The monoisotopic (exact) mass is 317 g/mol. The van der Waals surface area contributed by atoms with E-state index in [-0.39, 0.29) is 17.2 Å². The Labute approximate surface area is 135 Å². The van der Waals surface area contributed by atoms with E-state index in [0.29, 0.717) is 30.5 Å². The summed E-state index contributed by atoms with van der Waals surface area (Å²) >= 11 is 0. The SMILES string of the molecule is Cc1cc(C(=O)N2CC[C@]3(CCCN(CC4CC4)C3=O)C2)no1. The van der Waals surface area contributed by atoms with Gasteiger partial charge in [0.15, 0.2) is 5.69 Å². The minimum atomic E-state index is -0.360. The van der Waals surface area contributed by atoms with Crippen LogP contribution in [0.15, 0.2) is 10.6 Å². The van der Waals surface area contributed by atoms with E-state index in [2.05, 4.69) is 10.1 Å². The van der Waals surface area contributed by atoms with Crippen LogP contribution in [0.25, 0.3) is 0 Å². The van der Waals surface area contributed by atoms with E-state index in [1.165, 1.54) is 12.8 Å². The number of rotatable bonds is 3. The Morgan fingerprint density at radius 1 is 1.39 bits per heavy atom. The van der Waals surface area contributed by atoms with Gasteiger partial charge >= 0.3 is 0 Å². The van der Waals surface area contributed by atoms with Crippen LogP contribution in [0.1, 0.15) is 48.4 Å². The van der Waals surface area contributed by atoms with Crippen LogP contribution >= 0.6 is 0 Å². The van der Waals surface area contributed by atoms with Gasteiger partial charge in [-0.15, -0.1) is 0 Å². The van der Waals surface area contributed by atoms with E-state index in [0.717, 1.165) is 32.4 Å². The summed E-state index contributed by atoms with van der Waals surface area (Å²) in [6.07, 6.45) is 5.23. The molecule has 1 saturated carbocycles. The highest BCUT2D eigenvalue weighted by molar-refractivity contribution is 5.93. The summed E-state index contributed by atoms with van der Waals surface area (Å²) < 4.78 is 5.00. The average molecular weight is 317 g/mol. The maximum atomic E-state index is 13.0. The minimum absolute atomic E-state index is 0.120. The molecule has 6 nitrogen and oxygen atoms in total. The Kier molecular flexibility index (Phi) is 3.43. The van der Waals surface area contributed by atoms with E-state index in [4.69, 9.17) is 4.52 Å². The summed E-state index contributed by atoms with van der Waals surface area (Å²) in [5.41, 5.74) is -0.0145. The molecule has 3 heterocycles. The van der Waals surface area contributed by atoms with E-state index in [9.17, 15) is 9.59 Å². The number of amides is 2. The number of nitrogens with zero attached hydrogens (tertiary/aromatic N) is 3. The van der Waals surface area contributed by atoms with E-state index in [1.807, 2.05) is 0 Å². The van der Waals surface area contributed by atoms with Gasteiger partial charge in [0.25, 0.3) is 5.91 Å². The third-order valence-corrected chi connectivity index (χ3v) is 5.49. The highest BCUT2D eigenvalue weighted by Crippen LogP contribution is 2.42. The summed E-state index contributed by atoms with van der Waals surface area (Å²) in [7, 11) is 0. The Bertz CT molecular complexity index is 637. The van der Waals surface area contributed by atoms with Crippen LogP contribution < -0.4 is 0 Å². The van der Waals surface area contributed by atoms with Crippen molar-refractivity contribution in [2.45, 2.75) is 39.0 Å². The molecule has 1 spiro atoms. The second-order valence-corrected chi connectivity index (χ2v) is 7.38. The zero-order chi connectivity index (χ0) is 16.0. The van der Waals surface area contributed by atoms with Crippen molar-refractivity contribution in [3.05, 3.63) is 17.5 Å². The molecule has 0 unspecified atom stereocenters. The van der Waals surface area contributed by atoms with Crippen molar-refractivity contribution in [2.75, 3.05) is 26.2 Å². The molecule has 4 rings (SSSR count). The second-order valence-electron chi connectivity index (χ2n) is 7.38. The Morgan fingerprint density at radius 3 is 2.91 bits per heavy atom. The molecular formula is C17H23N3O3. The lowest BCUT2D eigenvalue weighted by Crippen LogP contribution is -2.51. The van der Waals surface area contributed by atoms with Crippen molar-refractivity contribution >= 4 is 11.8 Å². The summed E-state index contributed by atoms with van der Waals surface area (Å²) in [6.45, 7) is 4.73. The van der Waals surface area contributed by atoms with E-state index in [1.54, 1.807) is 17.9 Å². The maximum absolute atomic E-state index is 13.0. The molecule has 1 atom stereocenters. The Balaban J connectivity index is 1.47. The quantitative estimate of drug-likeness (QED) is 0.853. The average Bonchev–Trinajstić information content (AvgIpc) is 3.08. The molecule has 23 heavy (non-hydrogen) atoms. The number of likely N-dealkylation sites (tertiary alicyclic amines) is 2. The lowest BCUT2D eigenvalue weighted by Gasteiger charge is -2.39. The van der Waals surface area contributed by atoms with Crippen LogP contribution in [0.4, 0.5) is 0 Å². The zero-order valence-electron chi connectivity index (χ0n) is 13.6. The molecule has 0 radical (unpaired) electrons. The lowest BCUT2D eigenvalue weighted by atomic mass is 9.78. The Morgan fingerprint density at radius 2 is 2.22 bits per heavy atom. The standard InChI is InChI=1S/C17H23N3O3/c1-12-9-14(18-23-12)15(21)20-8-6-17(11-20)5-2-7-19(16(17)22)10-13-3-4-13/h9,13H,2-8,10-11H2,1H3/t17-/m1/s1. The fourth-order valence-electron chi connectivity index (χ4n) is 3.99. The number of piperidine rings is 1. The number of aryl methyl sites for hydroxylation is 1. The van der Waals surface area contributed by atoms with Gasteiger partial charge < -0.3 is 14.3 Å². The first-order chi connectivity index (χ1) is 11.1. The number of hydrogen-bond donors (Lipinski definition) is 0. The van der Waals surface area contributed by atoms with Gasteiger partial charge in [-0.1, -0.05) is 5.16 Å². The number of carbonyl (C=O) groups is 2. The van der Waals surface area contributed by atoms with Gasteiger partial charge in [-0.25, -0.2) is 0 Å². The van der Waals surface area contributed by atoms with Gasteiger partial charge in [-0.2, -0.15) is 0 Å². The van der Waals surface area contributed by atoms with Crippen LogP contribution in [0.5, 0.6) is 0 Å². The van der Waals surface area contributed by atoms with Gasteiger partial charge in [0.2, 0.25) is 5.91 Å². The highest BCUT2D eigenvalue weighted by Gasteiger charge is 2.50. The zero-order valence-corrected chi connectivity index (χ0v) is 13.6. The molecule has 2 saturated heterocycles. The summed E-state index contributed by atoms with van der Waals surface area (Å²) in [4.78, 5) is 29.3. The van der Waals surface area contributed by atoms with E-state index < -0.39 is 0 Å². The molecule has 6 heteroatoms. The molecule has 2 aliphatic heterocycles. The molecule has 1 aromatic heterocycles. The summed E-state index contributed by atoms with van der Waals surface area (Å²) in [6, 6.07) is 1.66. The number of carbonyl (C=O) groups excluding carboxylic acids is 2. The number of aromatic nitrogens is 1. The van der Waals surface area contributed by atoms with E-state index >= 15 is 0 Å². The van der Waals surface area contributed by atoms with Crippen LogP contribution in [0, 0.1) is 18.3 Å². The van der Waals surface area contributed by atoms with Gasteiger partial charge in [0.05, 0.1) is 5.41 Å². The molecule has 2 amide bonds. The lowest BCUT2D eigenvalue weighted by molar-refractivity contribution is -0.145. The van der Waals surface area contributed by atoms with Crippen LogP contribution in [0.3, 0.4) is 0 Å². The normalized spacial score (nSPS) is 28.0. The smallest absolute Gasteiger partial charge is 0.276 e. The van der Waals surface area contributed by atoms with Crippen molar-refractivity contribution in [3.8, 4) is 0 Å². The molecule has 0 aromatic carbocycles. The molecular weight excluding hydrogens is 294 g/mol. The topological polar surface area (TPSA) is 66.7 Å². The van der Waals surface area contributed by atoms with Crippen LogP contribution in [-0.2, 0) is 4.79 Å². The van der Waals surface area contributed by atoms with Crippen molar-refractivity contribution in [2.24, 2.45) is 11.3 Å². The first kappa shape index (κ1) is 14.7. The first-order valence-electron chi connectivity index (χ1n) is 8.59. The third kappa shape index (κ3) is 2.64. The molecule has 0 N–H and O–H groups in total. The van der Waals surface area contributed by atoms with Crippen molar-refractivity contribution in [1.29, 1.82) is 0 Å². The van der Waals surface area contributed by atoms with Gasteiger partial charge in [0.1, 0.15) is 5.76 Å². The maximum Gasteiger partial charge on any atom is 0.276 e. The molecule has 124 valence electrons. The third-order valence-electron chi connectivity index (χ3n) is 5.49. The summed E-state index contributed by atoms with van der Waals surface area (Å²) in [5.74, 6) is 1.49. The van der Waals surface area contributed by atoms with Gasteiger partial charge in [-0.05, 0) is 44.9 Å². The van der Waals surface area contributed by atoms with Crippen molar-refractivity contribution in [1.82, 2.24) is 15.0 Å². The highest BCUT2D eigenvalue weighted by atomic mass is 16.5. The molecule has 3 fully saturated rings. The molecule has 0 bridgehead atoms. The van der Waals surface area contributed by atoms with Crippen molar-refractivity contribution in [3.63, 3.8) is 0 Å². The molecule has 1 aliphatic carbocycles. The van der Waals surface area contributed by atoms with Gasteiger partial charge in [-0.3, -0.25) is 9.59 Å². The summed E-state index contributed by atoms with van der Waals surface area (Å²) in [5, 5.41) is 3.81. The largest absolute Gasteiger partial charge is 0.361 e. The second kappa shape index (κ2) is 5.35. The van der Waals surface area contributed by atoms with Crippen LogP contribution in [-0.4, -0.2) is 52.9 Å². The van der Waals surface area contributed by atoms with Gasteiger partial charge in [0, 0.05) is 32.2 Å². The first-order valence-corrected chi connectivity index (χ1v) is 8.59. The molecule has 1 aromatic rings. The minimum Gasteiger partial charge on any atom is -0.361 e. The Hall–Kier alpha value is -1.85. The van der Waals surface area contributed by atoms with Crippen LogP contribution in [0.2, 0.25) is 0 Å². The van der Waals surface area contributed by atoms with Crippen molar-refractivity contribution < 1.29 is 14.1 Å². The predicted molar refractivity (Wildman–Crippen MR) is 82.7 cm³/mol. The predicted octanol–water partition coefficient (Wildman–Crippen LogP) is 1.85.